The molecule has 1 aromatic rings. The lowest BCUT2D eigenvalue weighted by Gasteiger charge is -2.28. The van der Waals surface area contributed by atoms with Gasteiger partial charge in [0.1, 0.15) is 5.75 Å². The summed E-state index contributed by atoms with van der Waals surface area (Å²) in [5.41, 5.74) is 2.94. The number of phenolic OH excluding ortho intramolecular Hbond substituents is 1. The topological polar surface area (TPSA) is 46.5 Å². The van der Waals surface area contributed by atoms with Crippen LogP contribution in [-0.4, -0.2) is 23.4 Å². The average Bonchev–Trinajstić information content (AvgIpc) is 2.63. The van der Waals surface area contributed by atoms with Crippen LogP contribution in [0.25, 0.3) is 0 Å². The number of hydrogen-bond donors (Lipinski definition) is 1. The Morgan fingerprint density at radius 2 is 1.47 bits per heavy atom. The van der Waals surface area contributed by atoms with Crippen LogP contribution in [0.4, 0.5) is 0 Å². The van der Waals surface area contributed by atoms with Crippen molar-refractivity contribution in [2.45, 2.75) is 110 Å². The van der Waals surface area contributed by atoms with E-state index in [1.165, 1.54) is 31.2 Å². The van der Waals surface area contributed by atoms with Crippen LogP contribution >= 0.6 is 11.8 Å². The van der Waals surface area contributed by atoms with E-state index < -0.39 is 0 Å². The molecule has 4 heteroatoms. The molecule has 0 aliphatic heterocycles. The van der Waals surface area contributed by atoms with Crippen molar-refractivity contribution >= 4 is 17.7 Å². The van der Waals surface area contributed by atoms with Crippen molar-refractivity contribution in [1.29, 1.82) is 0 Å². The van der Waals surface area contributed by atoms with Crippen LogP contribution < -0.4 is 0 Å². The van der Waals surface area contributed by atoms with Crippen LogP contribution in [0, 0.1) is 0 Å². The summed E-state index contributed by atoms with van der Waals surface area (Å²) in [5.74, 6) is 1.91. The van der Waals surface area contributed by atoms with Crippen LogP contribution in [0.5, 0.6) is 5.75 Å². The molecule has 0 saturated heterocycles. The standard InChI is InChI=1S/C26H44O3S/c1-8-9-10-11-12-13-15-29-23(27)14-16-30-19-20-17-21(25(2,3)4)24(28)22(18-20)26(5,6)7/h17-18,28H,8-16,19H2,1-7H3. The number of phenols is 1. The molecule has 1 aromatic carbocycles. The first-order valence-electron chi connectivity index (χ1n) is 11.6. The highest BCUT2D eigenvalue weighted by Crippen LogP contribution is 2.40. The zero-order valence-corrected chi connectivity index (χ0v) is 21.2. The molecule has 1 N–H and O–H groups in total. The van der Waals surface area contributed by atoms with Crippen LogP contribution in [0.3, 0.4) is 0 Å². The second-order valence-electron chi connectivity index (χ2n) is 10.3. The fraction of sp³-hybridized carbons (Fsp3) is 0.731. The predicted octanol–water partition coefficient (Wildman–Crippen LogP) is 7.51. The maximum atomic E-state index is 11.9. The first kappa shape index (κ1) is 26.9. The van der Waals surface area contributed by atoms with E-state index in [2.05, 4.69) is 60.6 Å². The SMILES string of the molecule is CCCCCCCCOC(=O)CCSCc1cc(C(C)(C)C)c(O)c(C(C)(C)C)c1. The second kappa shape index (κ2) is 12.6. The van der Waals surface area contributed by atoms with Crippen LogP contribution in [-0.2, 0) is 26.1 Å². The minimum absolute atomic E-state index is 0.0903. The number of benzene rings is 1. The van der Waals surface area contributed by atoms with Crippen molar-refractivity contribution in [3.63, 3.8) is 0 Å². The van der Waals surface area contributed by atoms with E-state index in [4.69, 9.17) is 4.74 Å². The Hall–Kier alpha value is -1.16. The van der Waals surface area contributed by atoms with Gasteiger partial charge in [-0.05, 0) is 33.9 Å². The molecule has 0 bridgehead atoms. The van der Waals surface area contributed by atoms with Crippen molar-refractivity contribution in [3.05, 3.63) is 28.8 Å². The van der Waals surface area contributed by atoms with Crippen LogP contribution in [0.2, 0.25) is 0 Å². The van der Waals surface area contributed by atoms with E-state index in [-0.39, 0.29) is 16.8 Å². The predicted molar refractivity (Wildman–Crippen MR) is 131 cm³/mol. The van der Waals surface area contributed by atoms with E-state index in [1.807, 2.05) is 0 Å². The van der Waals surface area contributed by atoms with Gasteiger partial charge in [-0.15, -0.1) is 0 Å². The van der Waals surface area contributed by atoms with E-state index in [0.29, 0.717) is 18.8 Å². The summed E-state index contributed by atoms with van der Waals surface area (Å²) in [5, 5.41) is 10.8. The molecule has 0 saturated carbocycles. The third-order valence-electron chi connectivity index (χ3n) is 5.27. The molecule has 0 aliphatic rings. The maximum absolute atomic E-state index is 11.9. The number of carbonyl (C=O) groups excluding carboxylic acids is 1. The third kappa shape index (κ3) is 9.76. The lowest BCUT2D eigenvalue weighted by Crippen LogP contribution is -2.17. The summed E-state index contributed by atoms with van der Waals surface area (Å²) >= 11 is 1.75. The number of unbranched alkanes of at least 4 members (excludes halogenated alkanes) is 5. The lowest BCUT2D eigenvalue weighted by molar-refractivity contribution is -0.143. The summed E-state index contributed by atoms with van der Waals surface area (Å²) in [6.07, 6.45) is 7.65. The molecule has 0 amide bonds. The Morgan fingerprint density at radius 1 is 0.933 bits per heavy atom. The van der Waals surface area contributed by atoms with Crippen LogP contribution in [0.15, 0.2) is 12.1 Å². The molecule has 0 aromatic heterocycles. The van der Waals surface area contributed by atoms with E-state index in [9.17, 15) is 9.90 Å². The summed E-state index contributed by atoms with van der Waals surface area (Å²) in [4.78, 5) is 11.9. The van der Waals surface area contributed by atoms with Gasteiger partial charge in [-0.2, -0.15) is 11.8 Å². The zero-order chi connectivity index (χ0) is 22.8. The summed E-state index contributed by atoms with van der Waals surface area (Å²) in [6.45, 7) is 15.6. The summed E-state index contributed by atoms with van der Waals surface area (Å²) in [7, 11) is 0. The molecular formula is C26H44O3S. The van der Waals surface area contributed by atoms with Crippen molar-refractivity contribution in [1.82, 2.24) is 0 Å². The van der Waals surface area contributed by atoms with Crippen molar-refractivity contribution in [3.8, 4) is 5.75 Å². The van der Waals surface area contributed by atoms with Gasteiger partial charge in [0.25, 0.3) is 0 Å². The number of carbonyl (C=O) groups is 1. The third-order valence-corrected chi connectivity index (χ3v) is 6.30. The van der Waals surface area contributed by atoms with Gasteiger partial charge in [0.2, 0.25) is 0 Å². The average molecular weight is 437 g/mol. The number of thioether (sulfide) groups is 1. The molecule has 0 atom stereocenters. The fourth-order valence-corrected chi connectivity index (χ4v) is 4.26. The maximum Gasteiger partial charge on any atom is 0.306 e. The highest BCUT2D eigenvalue weighted by atomic mass is 32.2. The molecule has 0 unspecified atom stereocenters. The first-order valence-corrected chi connectivity index (χ1v) is 12.7. The molecule has 1 rings (SSSR count). The number of aromatic hydroxyl groups is 1. The minimum atomic E-state index is -0.120. The highest BCUT2D eigenvalue weighted by Gasteiger charge is 2.26. The molecule has 0 heterocycles. The normalized spacial score (nSPS) is 12.2. The Kier molecular flexibility index (Phi) is 11.3. The van der Waals surface area contributed by atoms with E-state index in [0.717, 1.165) is 35.5 Å². The molecule has 30 heavy (non-hydrogen) atoms. The lowest BCUT2D eigenvalue weighted by atomic mass is 9.78. The van der Waals surface area contributed by atoms with Gasteiger partial charge in [0.15, 0.2) is 0 Å². The Morgan fingerprint density at radius 3 is 2.00 bits per heavy atom. The van der Waals surface area contributed by atoms with Gasteiger partial charge in [0, 0.05) is 11.5 Å². The van der Waals surface area contributed by atoms with Gasteiger partial charge in [0.05, 0.1) is 13.0 Å². The highest BCUT2D eigenvalue weighted by molar-refractivity contribution is 7.98. The second-order valence-corrected chi connectivity index (χ2v) is 11.4. The zero-order valence-electron chi connectivity index (χ0n) is 20.4. The summed E-state index contributed by atoms with van der Waals surface area (Å²) < 4.78 is 5.36. The Balaban J connectivity index is 2.48. The Bertz CT molecular complexity index is 618. The quantitative estimate of drug-likeness (QED) is 0.272. The fourth-order valence-electron chi connectivity index (χ4n) is 3.41. The smallest absolute Gasteiger partial charge is 0.306 e. The molecule has 0 aliphatic carbocycles. The van der Waals surface area contributed by atoms with Crippen molar-refractivity contribution in [2.75, 3.05) is 12.4 Å². The molecular weight excluding hydrogens is 392 g/mol. The van der Waals surface area contributed by atoms with Gasteiger partial charge < -0.3 is 9.84 Å². The van der Waals surface area contributed by atoms with Crippen molar-refractivity contribution < 1.29 is 14.6 Å². The molecule has 0 fully saturated rings. The molecule has 3 nitrogen and oxygen atoms in total. The Labute approximate surface area is 189 Å². The van der Waals surface area contributed by atoms with Crippen LogP contribution in [0.1, 0.15) is 110 Å². The van der Waals surface area contributed by atoms with Gasteiger partial charge in [-0.25, -0.2) is 0 Å². The number of rotatable bonds is 12. The van der Waals surface area contributed by atoms with Gasteiger partial charge in [-0.3, -0.25) is 4.79 Å². The monoisotopic (exact) mass is 436 g/mol. The number of ether oxygens (including phenoxy) is 1. The number of esters is 1. The summed E-state index contributed by atoms with van der Waals surface area (Å²) in [6, 6.07) is 4.24. The van der Waals surface area contributed by atoms with E-state index in [1.54, 1.807) is 11.8 Å². The largest absolute Gasteiger partial charge is 0.507 e. The molecule has 0 spiro atoms. The van der Waals surface area contributed by atoms with Gasteiger partial charge in [-0.1, -0.05) is 92.7 Å². The van der Waals surface area contributed by atoms with Gasteiger partial charge >= 0.3 is 5.97 Å². The molecule has 172 valence electrons. The first-order chi connectivity index (χ1) is 14.0. The minimum Gasteiger partial charge on any atom is -0.507 e. The van der Waals surface area contributed by atoms with E-state index >= 15 is 0 Å². The number of hydrogen-bond acceptors (Lipinski definition) is 4. The van der Waals surface area contributed by atoms with Crippen molar-refractivity contribution in [2.24, 2.45) is 0 Å². The molecule has 0 radical (unpaired) electrons.